The molecule has 0 bridgehead atoms. The van der Waals surface area contributed by atoms with Gasteiger partial charge in [0, 0.05) is 5.25 Å². The van der Waals surface area contributed by atoms with Crippen LogP contribution >= 0.6 is 20.2 Å². The van der Waals surface area contributed by atoms with Gasteiger partial charge in [0.05, 0.1) is 12.7 Å². The van der Waals surface area contributed by atoms with Gasteiger partial charge in [0.15, 0.2) is 0 Å². The first-order valence-electron chi connectivity index (χ1n) is 15.6. The molecule has 226 valence electrons. The van der Waals surface area contributed by atoms with Crippen LogP contribution < -0.4 is 0 Å². The lowest BCUT2D eigenvalue weighted by Crippen LogP contribution is -2.43. The zero-order chi connectivity index (χ0) is 28.5. The zero-order valence-corrected chi connectivity index (χ0v) is 27.3. The maximum absolute atomic E-state index is 12.7. The molecule has 0 saturated carbocycles. The summed E-state index contributed by atoms with van der Waals surface area (Å²) in [5.74, 6) is 0.275. The molecular formula is C30H60O6PS+. The van der Waals surface area contributed by atoms with E-state index in [-0.39, 0.29) is 24.1 Å². The van der Waals surface area contributed by atoms with Crippen molar-refractivity contribution >= 4 is 26.2 Å². The maximum Gasteiger partial charge on any atom is 0.497 e. The molecule has 6 nitrogen and oxygen atoms in total. The van der Waals surface area contributed by atoms with E-state index in [2.05, 4.69) is 13.8 Å². The standard InChI is InChI=1S/C30H59O6PS/c1-7-10-12-14-16-18-20-22-25-38-28(23-21-19-17-15-13-11-8-2)27(6)35-36-30(37-32,33-24-9-3)29(31)34-26(4)5/h26-28H,7-25H2,1-6H3/p+1. The van der Waals surface area contributed by atoms with E-state index in [4.69, 9.17) is 19.2 Å². The zero-order valence-electron chi connectivity index (χ0n) is 25.5. The molecule has 4 unspecified atom stereocenters. The van der Waals surface area contributed by atoms with E-state index in [1.165, 1.54) is 89.9 Å². The first-order chi connectivity index (χ1) is 18.4. The molecule has 0 spiro atoms. The van der Waals surface area contributed by atoms with Gasteiger partial charge in [-0.2, -0.15) is 11.8 Å². The second-order valence-electron chi connectivity index (χ2n) is 10.7. The third-order valence-corrected chi connectivity index (χ3v) is 8.79. The second kappa shape index (κ2) is 25.7. The van der Waals surface area contributed by atoms with Crippen molar-refractivity contribution in [3.05, 3.63) is 0 Å². The molecule has 0 heterocycles. The third-order valence-electron chi connectivity index (χ3n) is 6.52. The number of unbranched alkanes of at least 4 members (excludes halogenated alkanes) is 13. The van der Waals surface area contributed by atoms with Crippen molar-refractivity contribution in [2.45, 2.75) is 174 Å². The van der Waals surface area contributed by atoms with E-state index >= 15 is 0 Å². The lowest BCUT2D eigenvalue weighted by atomic mass is 10.1. The van der Waals surface area contributed by atoms with Crippen LogP contribution in [0.3, 0.4) is 0 Å². The SMILES string of the molecule is CCCCCCCCCCSC(CCCCCCCCC)C(C)OOC(OCCC)([PH+]=O)C(=O)OC(C)C. The Morgan fingerprint density at radius 2 is 1.29 bits per heavy atom. The fraction of sp³-hybridized carbons (Fsp3) is 0.967. The fourth-order valence-corrected chi connectivity index (χ4v) is 5.88. The molecule has 0 aliphatic heterocycles. The Kier molecular flexibility index (Phi) is 25.6. The number of hydrogen-bond donors (Lipinski definition) is 0. The van der Waals surface area contributed by atoms with Gasteiger partial charge in [-0.15, -0.1) is 4.89 Å². The second-order valence-corrected chi connectivity index (χ2v) is 12.9. The van der Waals surface area contributed by atoms with Gasteiger partial charge in [0.2, 0.25) is 0 Å². The van der Waals surface area contributed by atoms with E-state index in [9.17, 15) is 9.36 Å². The Labute approximate surface area is 240 Å². The molecule has 0 fully saturated rings. The molecule has 0 saturated heterocycles. The highest BCUT2D eigenvalue weighted by Gasteiger charge is 2.55. The summed E-state index contributed by atoms with van der Waals surface area (Å²) in [6.45, 7) is 12.1. The topological polar surface area (TPSA) is 71.1 Å². The minimum absolute atomic E-state index is 0.217. The monoisotopic (exact) mass is 579 g/mol. The van der Waals surface area contributed by atoms with E-state index in [1.807, 2.05) is 25.6 Å². The Morgan fingerprint density at radius 3 is 1.79 bits per heavy atom. The molecule has 0 aromatic heterocycles. The van der Waals surface area contributed by atoms with Gasteiger partial charge in [-0.3, -0.25) is 4.74 Å². The van der Waals surface area contributed by atoms with Crippen molar-refractivity contribution in [1.82, 2.24) is 0 Å². The van der Waals surface area contributed by atoms with Crippen molar-refractivity contribution < 1.29 is 28.6 Å². The number of esters is 1. The van der Waals surface area contributed by atoms with Crippen LogP contribution in [0.2, 0.25) is 0 Å². The van der Waals surface area contributed by atoms with Crippen LogP contribution in [-0.4, -0.2) is 41.3 Å². The van der Waals surface area contributed by atoms with Gasteiger partial charge in [0.1, 0.15) is 6.10 Å². The Morgan fingerprint density at radius 1 is 0.763 bits per heavy atom. The summed E-state index contributed by atoms with van der Waals surface area (Å²) < 4.78 is 23.0. The summed E-state index contributed by atoms with van der Waals surface area (Å²) >= 11 is 1.93. The molecule has 0 aliphatic rings. The molecule has 0 aliphatic carbocycles. The van der Waals surface area contributed by atoms with Crippen LogP contribution in [0.4, 0.5) is 0 Å². The van der Waals surface area contributed by atoms with E-state index in [1.54, 1.807) is 13.8 Å². The number of ether oxygens (including phenoxy) is 2. The predicted molar refractivity (Wildman–Crippen MR) is 162 cm³/mol. The Balaban J connectivity index is 4.90. The quantitative estimate of drug-likeness (QED) is 0.0228. The molecular weight excluding hydrogens is 519 g/mol. The summed E-state index contributed by atoms with van der Waals surface area (Å²) in [5.41, 5.74) is -2.04. The van der Waals surface area contributed by atoms with Gasteiger partial charge >= 0.3 is 20.0 Å². The van der Waals surface area contributed by atoms with Crippen LogP contribution in [-0.2, 0) is 28.6 Å². The van der Waals surface area contributed by atoms with Crippen LogP contribution in [0.1, 0.15) is 151 Å². The van der Waals surface area contributed by atoms with E-state index in [0.717, 1.165) is 18.6 Å². The smallest absolute Gasteiger partial charge is 0.455 e. The molecule has 8 heteroatoms. The summed E-state index contributed by atoms with van der Waals surface area (Å²) in [7, 11) is -1.20. The minimum atomic E-state index is -2.04. The lowest BCUT2D eigenvalue weighted by molar-refractivity contribution is -0.403. The molecule has 0 rings (SSSR count). The number of rotatable bonds is 28. The number of carbonyl (C=O) groups is 1. The highest BCUT2D eigenvalue weighted by atomic mass is 32.2. The molecule has 0 N–H and O–H groups in total. The van der Waals surface area contributed by atoms with Gasteiger partial charge in [-0.25, -0.2) is 9.68 Å². The molecule has 0 aromatic carbocycles. The first-order valence-corrected chi connectivity index (χ1v) is 17.5. The van der Waals surface area contributed by atoms with Crippen LogP contribution in [0, 0.1) is 0 Å². The summed E-state index contributed by atoms with van der Waals surface area (Å²) in [6, 6.07) is 0. The van der Waals surface area contributed by atoms with Crippen LogP contribution in [0.15, 0.2) is 0 Å². The third kappa shape index (κ3) is 19.0. The van der Waals surface area contributed by atoms with Gasteiger partial charge < -0.3 is 4.74 Å². The Hall–Kier alpha value is -0.200. The molecule has 0 aromatic rings. The highest BCUT2D eigenvalue weighted by molar-refractivity contribution is 7.99. The van der Waals surface area contributed by atoms with Crippen LogP contribution in [0.25, 0.3) is 0 Å². The van der Waals surface area contributed by atoms with Crippen molar-refractivity contribution in [3.63, 3.8) is 0 Å². The lowest BCUT2D eigenvalue weighted by Gasteiger charge is -2.26. The van der Waals surface area contributed by atoms with Gasteiger partial charge in [0.25, 0.3) is 0 Å². The Bertz CT molecular complexity index is 565. The fourth-order valence-electron chi connectivity index (χ4n) is 4.18. The van der Waals surface area contributed by atoms with Crippen molar-refractivity contribution in [1.29, 1.82) is 0 Å². The molecule has 38 heavy (non-hydrogen) atoms. The summed E-state index contributed by atoms with van der Waals surface area (Å²) in [5, 5.41) is 0.232. The van der Waals surface area contributed by atoms with Crippen LogP contribution in [0.5, 0.6) is 0 Å². The van der Waals surface area contributed by atoms with Gasteiger partial charge in [-0.1, -0.05) is 115 Å². The van der Waals surface area contributed by atoms with Gasteiger partial charge in [-0.05, 0) is 45.8 Å². The number of hydrogen-bond acceptors (Lipinski definition) is 7. The van der Waals surface area contributed by atoms with E-state index in [0.29, 0.717) is 6.42 Å². The normalized spacial score (nSPS) is 15.0. The molecule has 0 amide bonds. The van der Waals surface area contributed by atoms with Crippen molar-refractivity contribution in [3.8, 4) is 0 Å². The van der Waals surface area contributed by atoms with Crippen molar-refractivity contribution in [2.75, 3.05) is 12.4 Å². The number of carbonyl (C=O) groups excluding carboxylic acids is 1. The average molecular weight is 580 g/mol. The molecule has 0 radical (unpaired) electrons. The van der Waals surface area contributed by atoms with E-state index < -0.39 is 20.0 Å². The summed E-state index contributed by atoms with van der Waals surface area (Å²) in [4.78, 5) is 24.0. The number of thioether (sulfide) groups is 1. The minimum Gasteiger partial charge on any atom is -0.455 e. The van der Waals surface area contributed by atoms with Crippen molar-refractivity contribution in [2.24, 2.45) is 0 Å². The maximum atomic E-state index is 12.7. The average Bonchev–Trinajstić information content (AvgIpc) is 2.90. The highest BCUT2D eigenvalue weighted by Crippen LogP contribution is 2.32. The summed E-state index contributed by atoms with van der Waals surface area (Å²) in [6.07, 6.45) is 20.3. The first kappa shape index (κ1) is 37.8. The largest absolute Gasteiger partial charge is 0.497 e. The predicted octanol–water partition coefficient (Wildman–Crippen LogP) is 9.76. The molecule has 4 atom stereocenters.